The average Bonchev–Trinajstić information content (AvgIpc) is 3.24. The minimum absolute atomic E-state index is 0.0661. The van der Waals surface area contributed by atoms with Crippen LogP contribution in [-0.2, 0) is 9.59 Å². The summed E-state index contributed by atoms with van der Waals surface area (Å²) in [5.74, 6) is -1.23. The molecule has 2 heterocycles. The molecule has 2 aromatic carbocycles. The first-order chi connectivity index (χ1) is 14.1. The zero-order valence-electron chi connectivity index (χ0n) is 15.1. The summed E-state index contributed by atoms with van der Waals surface area (Å²) in [6.45, 7) is 0. The second-order valence-corrected chi connectivity index (χ2v) is 7.58. The minimum Gasteiger partial charge on any atom is -0.324 e. The van der Waals surface area contributed by atoms with Crippen LogP contribution in [-0.4, -0.2) is 33.2 Å². The van der Waals surface area contributed by atoms with Crippen LogP contribution >= 0.6 is 11.8 Å². The monoisotopic (exact) mass is 407 g/mol. The summed E-state index contributed by atoms with van der Waals surface area (Å²) in [5.41, 5.74) is 7.12. The number of aromatic amines is 1. The van der Waals surface area contributed by atoms with E-state index in [0.717, 1.165) is 16.1 Å². The van der Waals surface area contributed by atoms with Gasteiger partial charge in [0, 0.05) is 16.9 Å². The Morgan fingerprint density at radius 1 is 1.03 bits per heavy atom. The smallest absolute Gasteiger partial charge is 0.287 e. The molecule has 3 amide bonds. The lowest BCUT2D eigenvalue weighted by atomic mass is 10.1. The molecule has 29 heavy (non-hydrogen) atoms. The van der Waals surface area contributed by atoms with Crippen LogP contribution in [0.25, 0.3) is 11.3 Å². The van der Waals surface area contributed by atoms with Gasteiger partial charge in [0.05, 0.1) is 16.6 Å². The molecule has 4 N–H and O–H groups in total. The van der Waals surface area contributed by atoms with Gasteiger partial charge >= 0.3 is 0 Å². The summed E-state index contributed by atoms with van der Waals surface area (Å²) in [7, 11) is 0. The number of carbonyl (C=O) groups is 3. The van der Waals surface area contributed by atoms with Gasteiger partial charge in [-0.05, 0) is 18.2 Å². The number of nitrogens with zero attached hydrogens (tertiary/aromatic N) is 1. The fourth-order valence-electron chi connectivity index (χ4n) is 2.84. The number of benzene rings is 2. The zero-order chi connectivity index (χ0) is 20.2. The highest BCUT2D eigenvalue weighted by Crippen LogP contribution is 2.36. The van der Waals surface area contributed by atoms with Gasteiger partial charge in [-0.15, -0.1) is 11.8 Å². The molecule has 9 heteroatoms. The van der Waals surface area contributed by atoms with E-state index in [1.165, 1.54) is 11.8 Å². The van der Waals surface area contributed by atoms with E-state index in [2.05, 4.69) is 26.4 Å². The molecule has 0 radical (unpaired) electrons. The first-order valence-electron chi connectivity index (χ1n) is 8.87. The number of anilines is 1. The molecule has 0 spiro atoms. The van der Waals surface area contributed by atoms with E-state index < -0.39 is 17.1 Å². The van der Waals surface area contributed by atoms with Crippen molar-refractivity contribution in [3.63, 3.8) is 0 Å². The van der Waals surface area contributed by atoms with Crippen molar-refractivity contribution in [2.24, 2.45) is 0 Å². The molecule has 1 aromatic heterocycles. The number of hydrogen-bond acceptors (Lipinski definition) is 5. The molecule has 1 aliphatic rings. The van der Waals surface area contributed by atoms with E-state index >= 15 is 0 Å². The highest BCUT2D eigenvalue weighted by Gasteiger charge is 2.29. The predicted octanol–water partition coefficient (Wildman–Crippen LogP) is 2.34. The van der Waals surface area contributed by atoms with Crippen LogP contribution in [0.2, 0.25) is 0 Å². The van der Waals surface area contributed by atoms with Crippen LogP contribution in [0.5, 0.6) is 0 Å². The molecule has 3 aromatic rings. The third-order valence-electron chi connectivity index (χ3n) is 4.28. The Kier molecular flexibility index (Phi) is 5.30. The molecule has 0 saturated carbocycles. The Bertz CT molecular complexity index is 1070. The number of hydrazine groups is 1. The number of para-hydroxylation sites is 1. The maximum atomic E-state index is 12.2. The highest BCUT2D eigenvalue weighted by molar-refractivity contribution is 8.01. The van der Waals surface area contributed by atoms with Crippen LogP contribution in [0.1, 0.15) is 16.9 Å². The van der Waals surface area contributed by atoms with Crippen LogP contribution in [0, 0.1) is 0 Å². The first kappa shape index (κ1) is 18.8. The average molecular weight is 407 g/mol. The second-order valence-electron chi connectivity index (χ2n) is 6.33. The fraction of sp³-hybridized carbons (Fsp3) is 0.100. The van der Waals surface area contributed by atoms with E-state index in [9.17, 15) is 14.4 Å². The van der Waals surface area contributed by atoms with Crippen molar-refractivity contribution in [1.29, 1.82) is 0 Å². The molecule has 0 bridgehead atoms. The number of carbonyl (C=O) groups excluding carboxylic acids is 3. The topological polar surface area (TPSA) is 116 Å². The SMILES string of the molecule is O=C(C[C@H]1Sc2ccccc2NC1=O)NNC(=O)c1cc(-c2ccccc2)n[nH]1. The lowest BCUT2D eigenvalue weighted by molar-refractivity contribution is -0.124. The highest BCUT2D eigenvalue weighted by atomic mass is 32.2. The van der Waals surface area contributed by atoms with Gasteiger partial charge in [0.1, 0.15) is 5.69 Å². The Morgan fingerprint density at radius 3 is 2.62 bits per heavy atom. The number of hydrogen-bond donors (Lipinski definition) is 4. The molecular formula is C20H17N5O3S. The van der Waals surface area contributed by atoms with Crippen LogP contribution in [0.3, 0.4) is 0 Å². The normalized spacial score (nSPS) is 15.2. The van der Waals surface area contributed by atoms with Crippen molar-refractivity contribution >= 4 is 35.2 Å². The number of nitrogens with one attached hydrogen (secondary N) is 4. The third kappa shape index (κ3) is 4.30. The molecule has 0 unspecified atom stereocenters. The molecule has 1 atom stereocenters. The Balaban J connectivity index is 1.31. The summed E-state index contributed by atoms with van der Waals surface area (Å²) in [5, 5.41) is 8.96. The summed E-state index contributed by atoms with van der Waals surface area (Å²) in [6, 6.07) is 18.4. The second kappa shape index (κ2) is 8.19. The lowest BCUT2D eigenvalue weighted by Gasteiger charge is -2.23. The predicted molar refractivity (Wildman–Crippen MR) is 109 cm³/mol. The van der Waals surface area contributed by atoms with Gasteiger partial charge in [0.25, 0.3) is 5.91 Å². The number of H-pyrrole nitrogens is 1. The molecule has 8 nitrogen and oxygen atoms in total. The Hall–Kier alpha value is -3.59. The van der Waals surface area contributed by atoms with E-state index in [-0.39, 0.29) is 18.0 Å². The van der Waals surface area contributed by atoms with Crippen molar-refractivity contribution in [2.45, 2.75) is 16.6 Å². The Labute approximate surface area is 170 Å². The lowest BCUT2D eigenvalue weighted by Crippen LogP contribution is -2.44. The number of rotatable bonds is 4. The molecule has 146 valence electrons. The molecule has 4 rings (SSSR count). The van der Waals surface area contributed by atoms with Gasteiger partial charge in [-0.25, -0.2) is 0 Å². The Morgan fingerprint density at radius 2 is 1.79 bits per heavy atom. The first-order valence-corrected chi connectivity index (χ1v) is 9.74. The van der Waals surface area contributed by atoms with E-state index in [1.54, 1.807) is 6.07 Å². The van der Waals surface area contributed by atoms with Crippen molar-refractivity contribution < 1.29 is 14.4 Å². The largest absolute Gasteiger partial charge is 0.324 e. The third-order valence-corrected chi connectivity index (χ3v) is 5.56. The van der Waals surface area contributed by atoms with Crippen LogP contribution in [0.15, 0.2) is 65.6 Å². The molecule has 0 saturated heterocycles. The van der Waals surface area contributed by atoms with Gasteiger partial charge in [0.15, 0.2) is 0 Å². The van der Waals surface area contributed by atoms with Gasteiger partial charge in [-0.3, -0.25) is 30.3 Å². The molecule has 0 fully saturated rings. The quantitative estimate of drug-likeness (QED) is 0.496. The van der Waals surface area contributed by atoms with Gasteiger partial charge in [0.2, 0.25) is 11.8 Å². The summed E-state index contributed by atoms with van der Waals surface area (Å²) in [4.78, 5) is 37.5. The van der Waals surface area contributed by atoms with E-state index in [0.29, 0.717) is 5.69 Å². The van der Waals surface area contributed by atoms with Crippen LogP contribution < -0.4 is 16.2 Å². The molecular weight excluding hydrogens is 390 g/mol. The van der Waals surface area contributed by atoms with Crippen molar-refractivity contribution in [3.8, 4) is 11.3 Å². The number of thioether (sulfide) groups is 1. The summed E-state index contributed by atoms with van der Waals surface area (Å²) < 4.78 is 0. The van der Waals surface area contributed by atoms with E-state index in [4.69, 9.17) is 0 Å². The number of amides is 3. The van der Waals surface area contributed by atoms with Crippen LogP contribution in [0.4, 0.5) is 5.69 Å². The standard InChI is InChI=1S/C20H17N5O3S/c26-18(11-17-20(28)21-13-8-4-5-9-16(13)29-17)24-25-19(27)15-10-14(22-23-15)12-6-2-1-3-7-12/h1-10,17H,11H2,(H,21,28)(H,22,23)(H,24,26)(H,25,27)/t17-/m1/s1. The van der Waals surface area contributed by atoms with Crippen molar-refractivity contribution in [2.75, 3.05) is 5.32 Å². The maximum Gasteiger partial charge on any atom is 0.287 e. The maximum absolute atomic E-state index is 12.2. The van der Waals surface area contributed by atoms with Gasteiger partial charge in [-0.2, -0.15) is 5.10 Å². The number of aromatic nitrogens is 2. The summed E-state index contributed by atoms with van der Waals surface area (Å²) in [6.07, 6.45) is -0.0661. The minimum atomic E-state index is -0.571. The van der Waals surface area contributed by atoms with E-state index in [1.807, 2.05) is 54.6 Å². The molecule has 1 aliphatic heterocycles. The zero-order valence-corrected chi connectivity index (χ0v) is 16.0. The fourth-order valence-corrected chi connectivity index (χ4v) is 3.95. The van der Waals surface area contributed by atoms with Crippen molar-refractivity contribution in [3.05, 3.63) is 66.4 Å². The molecule has 0 aliphatic carbocycles. The van der Waals surface area contributed by atoms with Crippen molar-refractivity contribution in [1.82, 2.24) is 21.0 Å². The number of fused-ring (bicyclic) bond motifs is 1. The van der Waals surface area contributed by atoms with Gasteiger partial charge in [-0.1, -0.05) is 42.5 Å². The van der Waals surface area contributed by atoms with Gasteiger partial charge < -0.3 is 5.32 Å². The summed E-state index contributed by atoms with van der Waals surface area (Å²) >= 11 is 1.32.